The number of nitrogens with zero attached hydrogens (tertiary/aromatic N) is 4. The number of rotatable bonds is 7. The second kappa shape index (κ2) is 9.79. The maximum Gasteiger partial charge on any atom is 0.227 e. The molecule has 0 atom stereocenters. The highest BCUT2D eigenvalue weighted by Gasteiger charge is 2.14. The zero-order valence-electron chi connectivity index (χ0n) is 18.6. The Balaban J connectivity index is 1.44. The molecule has 0 bridgehead atoms. The lowest BCUT2D eigenvalue weighted by molar-refractivity contribution is 0.313. The first-order chi connectivity index (χ1) is 15.1. The number of nitrogens with one attached hydrogen (secondary N) is 1. The largest absolute Gasteiger partial charge is 0.494 e. The molecule has 0 aliphatic carbocycles. The van der Waals surface area contributed by atoms with Crippen LogP contribution in [-0.4, -0.2) is 54.7 Å². The molecule has 0 spiro atoms. The van der Waals surface area contributed by atoms with Crippen molar-refractivity contribution in [3.63, 3.8) is 0 Å². The Morgan fingerprint density at radius 1 is 1.03 bits per heavy atom. The van der Waals surface area contributed by atoms with Crippen molar-refractivity contribution in [3.8, 4) is 5.75 Å². The molecule has 1 aliphatic heterocycles. The fourth-order valence-electron chi connectivity index (χ4n) is 3.77. The van der Waals surface area contributed by atoms with Gasteiger partial charge < -0.3 is 19.9 Å². The number of hydrogen-bond donors (Lipinski definition) is 1. The van der Waals surface area contributed by atoms with Gasteiger partial charge in [-0.2, -0.15) is 0 Å². The summed E-state index contributed by atoms with van der Waals surface area (Å²) in [6.45, 7) is 9.06. The van der Waals surface area contributed by atoms with Gasteiger partial charge in [-0.15, -0.1) is 0 Å². The topological polar surface area (TPSA) is 53.5 Å². The molecule has 1 N–H and O–H groups in total. The molecule has 31 heavy (non-hydrogen) atoms. The van der Waals surface area contributed by atoms with E-state index < -0.39 is 0 Å². The summed E-state index contributed by atoms with van der Waals surface area (Å²) in [4.78, 5) is 14.1. The van der Waals surface area contributed by atoms with Crippen LogP contribution in [-0.2, 0) is 6.42 Å². The second-order valence-electron chi connectivity index (χ2n) is 8.04. The zero-order chi connectivity index (χ0) is 21.6. The molecule has 2 aromatic carbocycles. The van der Waals surface area contributed by atoms with Crippen molar-refractivity contribution in [1.82, 2.24) is 14.9 Å². The van der Waals surface area contributed by atoms with Crippen molar-refractivity contribution in [2.45, 2.75) is 20.3 Å². The Kier molecular flexibility index (Phi) is 6.67. The Hall–Kier alpha value is -3.12. The average molecular weight is 418 g/mol. The summed E-state index contributed by atoms with van der Waals surface area (Å²) >= 11 is 0. The predicted molar refractivity (Wildman–Crippen MR) is 127 cm³/mol. The standard InChI is InChI=1S/C25H31N5O/c1-4-31-23-7-5-6-20(16-23)17-24-19(2)18-26-25(28-24)27-21-8-10-22(11-9-21)30-14-12-29(3)13-15-30/h5-11,16,18H,4,12-15,17H2,1-3H3,(H,26,27,28). The minimum atomic E-state index is 0.619. The van der Waals surface area contributed by atoms with Gasteiger partial charge in [-0.3, -0.25) is 0 Å². The highest BCUT2D eigenvalue weighted by molar-refractivity contribution is 5.59. The van der Waals surface area contributed by atoms with Crippen molar-refractivity contribution in [2.24, 2.45) is 0 Å². The van der Waals surface area contributed by atoms with E-state index in [2.05, 4.69) is 70.5 Å². The third-order valence-electron chi connectivity index (χ3n) is 5.65. The summed E-state index contributed by atoms with van der Waals surface area (Å²) in [7, 11) is 2.18. The first kappa shape index (κ1) is 21.1. The maximum atomic E-state index is 5.62. The van der Waals surface area contributed by atoms with E-state index in [1.165, 1.54) is 11.3 Å². The summed E-state index contributed by atoms with van der Waals surface area (Å²) in [6.07, 6.45) is 2.63. The average Bonchev–Trinajstić information content (AvgIpc) is 2.78. The van der Waals surface area contributed by atoms with Gasteiger partial charge in [0.15, 0.2) is 0 Å². The predicted octanol–water partition coefficient (Wildman–Crippen LogP) is 4.27. The molecule has 162 valence electrons. The first-order valence-electron chi connectivity index (χ1n) is 11.0. The summed E-state index contributed by atoms with van der Waals surface area (Å²) in [5.74, 6) is 1.51. The van der Waals surface area contributed by atoms with Crippen LogP contribution in [0.1, 0.15) is 23.7 Å². The van der Waals surface area contributed by atoms with E-state index in [-0.39, 0.29) is 0 Å². The highest BCUT2D eigenvalue weighted by atomic mass is 16.5. The van der Waals surface area contributed by atoms with Gasteiger partial charge in [-0.05, 0) is 68.4 Å². The summed E-state index contributed by atoms with van der Waals surface area (Å²) < 4.78 is 5.62. The number of hydrogen-bond acceptors (Lipinski definition) is 6. The molecule has 0 unspecified atom stereocenters. The number of ether oxygens (including phenoxy) is 1. The van der Waals surface area contributed by atoms with Gasteiger partial charge in [0.05, 0.1) is 12.3 Å². The lowest BCUT2D eigenvalue weighted by atomic mass is 10.1. The van der Waals surface area contributed by atoms with Gasteiger partial charge in [-0.25, -0.2) is 9.97 Å². The van der Waals surface area contributed by atoms with Crippen LogP contribution >= 0.6 is 0 Å². The van der Waals surface area contributed by atoms with Gasteiger partial charge in [-0.1, -0.05) is 12.1 Å². The summed E-state index contributed by atoms with van der Waals surface area (Å²) in [5.41, 5.74) is 5.53. The van der Waals surface area contributed by atoms with Crippen LogP contribution in [0.25, 0.3) is 0 Å². The fourth-order valence-corrected chi connectivity index (χ4v) is 3.77. The van der Waals surface area contributed by atoms with E-state index in [1.54, 1.807) is 0 Å². The minimum absolute atomic E-state index is 0.619. The van der Waals surface area contributed by atoms with Crippen molar-refractivity contribution in [1.29, 1.82) is 0 Å². The van der Waals surface area contributed by atoms with Gasteiger partial charge in [0, 0.05) is 50.2 Å². The molecule has 0 amide bonds. The SMILES string of the molecule is CCOc1cccc(Cc2nc(Nc3ccc(N4CCN(C)CC4)cc3)ncc2C)c1. The number of aryl methyl sites for hydroxylation is 1. The van der Waals surface area contributed by atoms with Crippen LogP contribution in [0, 0.1) is 6.92 Å². The Morgan fingerprint density at radius 2 is 1.81 bits per heavy atom. The normalized spacial score (nSPS) is 14.5. The van der Waals surface area contributed by atoms with Crippen LogP contribution < -0.4 is 15.0 Å². The van der Waals surface area contributed by atoms with E-state index in [0.717, 1.165) is 55.3 Å². The summed E-state index contributed by atoms with van der Waals surface area (Å²) in [6, 6.07) is 16.7. The van der Waals surface area contributed by atoms with Crippen molar-refractivity contribution in [2.75, 3.05) is 50.1 Å². The third-order valence-corrected chi connectivity index (χ3v) is 5.65. The number of anilines is 3. The Bertz CT molecular complexity index is 997. The molecule has 6 heteroatoms. The van der Waals surface area contributed by atoms with Crippen molar-refractivity contribution < 1.29 is 4.74 Å². The first-order valence-corrected chi connectivity index (χ1v) is 11.0. The van der Waals surface area contributed by atoms with E-state index in [1.807, 2.05) is 25.3 Å². The van der Waals surface area contributed by atoms with Crippen molar-refractivity contribution >= 4 is 17.3 Å². The molecule has 2 heterocycles. The van der Waals surface area contributed by atoms with E-state index in [4.69, 9.17) is 9.72 Å². The molecule has 1 aliphatic rings. The van der Waals surface area contributed by atoms with E-state index in [0.29, 0.717) is 12.6 Å². The number of likely N-dealkylation sites (N-methyl/N-ethyl adjacent to an activating group) is 1. The smallest absolute Gasteiger partial charge is 0.227 e. The molecule has 1 aromatic heterocycles. The second-order valence-corrected chi connectivity index (χ2v) is 8.04. The van der Waals surface area contributed by atoms with E-state index >= 15 is 0 Å². The zero-order valence-corrected chi connectivity index (χ0v) is 18.6. The van der Waals surface area contributed by atoms with Crippen LogP contribution in [0.4, 0.5) is 17.3 Å². The van der Waals surface area contributed by atoms with Gasteiger partial charge in [0.25, 0.3) is 0 Å². The Labute approximate surface area is 184 Å². The molecule has 3 aromatic rings. The third kappa shape index (κ3) is 5.52. The van der Waals surface area contributed by atoms with Crippen LogP contribution in [0.2, 0.25) is 0 Å². The number of benzene rings is 2. The molecule has 4 rings (SSSR count). The monoisotopic (exact) mass is 417 g/mol. The molecule has 0 saturated carbocycles. The molecule has 1 fully saturated rings. The maximum absolute atomic E-state index is 5.62. The van der Waals surface area contributed by atoms with Crippen molar-refractivity contribution in [3.05, 3.63) is 71.5 Å². The summed E-state index contributed by atoms with van der Waals surface area (Å²) in [5, 5.41) is 3.35. The fraction of sp³-hybridized carbons (Fsp3) is 0.360. The van der Waals surface area contributed by atoms with E-state index in [9.17, 15) is 0 Å². The molecule has 1 saturated heterocycles. The molecule has 6 nitrogen and oxygen atoms in total. The van der Waals surface area contributed by atoms with Crippen LogP contribution in [0.5, 0.6) is 5.75 Å². The number of piperazine rings is 1. The quantitative estimate of drug-likeness (QED) is 0.620. The molecular formula is C25H31N5O. The molecular weight excluding hydrogens is 386 g/mol. The van der Waals surface area contributed by atoms with Gasteiger partial charge in [0.2, 0.25) is 5.95 Å². The minimum Gasteiger partial charge on any atom is -0.494 e. The highest BCUT2D eigenvalue weighted by Crippen LogP contribution is 2.22. The lowest BCUT2D eigenvalue weighted by Gasteiger charge is -2.34. The lowest BCUT2D eigenvalue weighted by Crippen LogP contribution is -2.44. The van der Waals surface area contributed by atoms with Crippen LogP contribution in [0.15, 0.2) is 54.7 Å². The Morgan fingerprint density at radius 3 is 2.55 bits per heavy atom. The van der Waals surface area contributed by atoms with Crippen LogP contribution in [0.3, 0.4) is 0 Å². The van der Waals surface area contributed by atoms with Gasteiger partial charge >= 0.3 is 0 Å². The van der Waals surface area contributed by atoms with Gasteiger partial charge in [0.1, 0.15) is 5.75 Å². The molecule has 0 radical (unpaired) electrons. The number of aromatic nitrogens is 2.